The Balaban J connectivity index is 2.05. The molecule has 5 heteroatoms. The summed E-state index contributed by atoms with van der Waals surface area (Å²) < 4.78 is 5.10. The molecule has 0 amide bonds. The number of hydrogen-bond acceptors (Lipinski definition) is 5. The van der Waals surface area contributed by atoms with Crippen molar-refractivity contribution in [1.82, 2.24) is 9.97 Å². The number of anilines is 1. The predicted octanol–water partition coefficient (Wildman–Crippen LogP) is 1.08. The molecule has 0 aliphatic carbocycles. The van der Waals surface area contributed by atoms with Crippen molar-refractivity contribution in [2.75, 3.05) is 31.7 Å². The van der Waals surface area contributed by atoms with E-state index < -0.39 is 0 Å². The van der Waals surface area contributed by atoms with E-state index in [1.807, 2.05) is 0 Å². The molecule has 1 saturated heterocycles. The maximum atomic E-state index is 9.19. The molecule has 2 heterocycles. The fraction of sp³-hybridized carbons (Fsp3) is 0.667. The van der Waals surface area contributed by atoms with Gasteiger partial charge in [0.15, 0.2) is 0 Å². The number of methoxy groups -OCH3 is 1. The first-order valence-corrected chi connectivity index (χ1v) is 6.06. The van der Waals surface area contributed by atoms with Gasteiger partial charge in [-0.1, -0.05) is 0 Å². The van der Waals surface area contributed by atoms with Crippen LogP contribution in [0.2, 0.25) is 0 Å². The van der Waals surface area contributed by atoms with Gasteiger partial charge in [0.1, 0.15) is 0 Å². The molecule has 1 fully saturated rings. The van der Waals surface area contributed by atoms with E-state index in [0.29, 0.717) is 11.8 Å². The first-order valence-electron chi connectivity index (χ1n) is 6.06. The quantitative estimate of drug-likeness (QED) is 0.852. The van der Waals surface area contributed by atoms with Crippen LogP contribution in [0.15, 0.2) is 12.3 Å². The van der Waals surface area contributed by atoms with Gasteiger partial charge in [-0.3, -0.25) is 0 Å². The van der Waals surface area contributed by atoms with Gasteiger partial charge >= 0.3 is 0 Å². The summed E-state index contributed by atoms with van der Waals surface area (Å²) >= 11 is 0. The van der Waals surface area contributed by atoms with Crippen LogP contribution >= 0.6 is 0 Å². The molecular formula is C12H19N3O2. The number of aromatic nitrogens is 2. The summed E-state index contributed by atoms with van der Waals surface area (Å²) in [5.41, 5.74) is 0. The minimum Gasteiger partial charge on any atom is -0.481 e. The van der Waals surface area contributed by atoms with Crippen molar-refractivity contribution >= 4 is 5.95 Å². The van der Waals surface area contributed by atoms with Gasteiger partial charge in [0.25, 0.3) is 0 Å². The van der Waals surface area contributed by atoms with E-state index in [0.717, 1.165) is 38.3 Å². The lowest BCUT2D eigenvalue weighted by atomic mass is 10.0. The summed E-state index contributed by atoms with van der Waals surface area (Å²) in [6.45, 7) is 2.13. The minimum absolute atomic E-state index is 0.285. The van der Waals surface area contributed by atoms with E-state index in [-0.39, 0.29) is 6.61 Å². The van der Waals surface area contributed by atoms with Crippen LogP contribution in [-0.2, 0) is 0 Å². The standard InChI is InChI=1S/C12H19N3O2/c1-17-11-4-6-13-12(14-11)15-7-2-3-10(9-16)5-8-15/h4,6,10,16H,2-3,5,7-9H2,1H3. The number of hydrogen-bond donors (Lipinski definition) is 1. The Morgan fingerprint density at radius 1 is 1.47 bits per heavy atom. The second-order valence-electron chi connectivity index (χ2n) is 4.37. The minimum atomic E-state index is 0.285. The molecule has 94 valence electrons. The molecule has 2 rings (SSSR count). The molecular weight excluding hydrogens is 218 g/mol. The molecule has 17 heavy (non-hydrogen) atoms. The Hall–Kier alpha value is -1.36. The van der Waals surface area contributed by atoms with E-state index in [2.05, 4.69) is 14.9 Å². The summed E-state index contributed by atoms with van der Waals surface area (Å²) in [5.74, 6) is 1.74. The van der Waals surface area contributed by atoms with Crippen molar-refractivity contribution in [3.8, 4) is 5.88 Å². The second kappa shape index (κ2) is 5.82. The van der Waals surface area contributed by atoms with Crippen LogP contribution in [0.4, 0.5) is 5.95 Å². The molecule has 1 N–H and O–H groups in total. The van der Waals surface area contributed by atoms with Gasteiger partial charge in [-0.2, -0.15) is 4.98 Å². The van der Waals surface area contributed by atoms with Crippen LogP contribution in [-0.4, -0.2) is 41.9 Å². The SMILES string of the molecule is COc1ccnc(N2CCCC(CO)CC2)n1. The molecule has 1 aliphatic rings. The molecule has 1 aliphatic heterocycles. The van der Waals surface area contributed by atoms with Gasteiger partial charge in [-0.05, 0) is 25.2 Å². The maximum Gasteiger partial charge on any atom is 0.228 e. The highest BCUT2D eigenvalue weighted by Gasteiger charge is 2.18. The van der Waals surface area contributed by atoms with E-state index in [1.54, 1.807) is 19.4 Å². The summed E-state index contributed by atoms with van der Waals surface area (Å²) in [4.78, 5) is 10.8. The smallest absolute Gasteiger partial charge is 0.228 e. The van der Waals surface area contributed by atoms with E-state index >= 15 is 0 Å². The normalized spacial score (nSPS) is 21.1. The first-order chi connectivity index (χ1) is 8.33. The average molecular weight is 237 g/mol. The third-order valence-corrected chi connectivity index (χ3v) is 3.22. The molecule has 5 nitrogen and oxygen atoms in total. The summed E-state index contributed by atoms with van der Waals surface area (Å²) in [6, 6.07) is 1.75. The average Bonchev–Trinajstić information content (AvgIpc) is 2.64. The number of ether oxygens (including phenoxy) is 1. The van der Waals surface area contributed by atoms with Gasteiger partial charge in [-0.15, -0.1) is 0 Å². The van der Waals surface area contributed by atoms with Gasteiger partial charge in [0, 0.05) is 32.0 Å². The first kappa shape index (κ1) is 12.1. The summed E-state index contributed by atoms with van der Waals surface area (Å²) in [7, 11) is 1.61. The van der Waals surface area contributed by atoms with Gasteiger partial charge in [0.2, 0.25) is 11.8 Å². The van der Waals surface area contributed by atoms with Crippen molar-refractivity contribution < 1.29 is 9.84 Å². The molecule has 0 aromatic carbocycles. The third-order valence-electron chi connectivity index (χ3n) is 3.22. The largest absolute Gasteiger partial charge is 0.481 e. The summed E-state index contributed by atoms with van der Waals surface area (Å²) in [6.07, 6.45) is 4.87. The van der Waals surface area contributed by atoms with Crippen LogP contribution in [0, 0.1) is 5.92 Å². The van der Waals surface area contributed by atoms with Crippen LogP contribution < -0.4 is 9.64 Å². The van der Waals surface area contributed by atoms with E-state index in [9.17, 15) is 5.11 Å². The van der Waals surface area contributed by atoms with E-state index in [4.69, 9.17) is 4.74 Å². The lowest BCUT2D eigenvalue weighted by Gasteiger charge is -2.20. The topological polar surface area (TPSA) is 58.5 Å². The fourth-order valence-corrected chi connectivity index (χ4v) is 2.15. The van der Waals surface area contributed by atoms with Crippen molar-refractivity contribution in [2.24, 2.45) is 5.92 Å². The van der Waals surface area contributed by atoms with Crippen LogP contribution in [0.1, 0.15) is 19.3 Å². The van der Waals surface area contributed by atoms with Crippen LogP contribution in [0.3, 0.4) is 0 Å². The monoisotopic (exact) mass is 237 g/mol. The number of rotatable bonds is 3. The van der Waals surface area contributed by atoms with Gasteiger partial charge in [-0.25, -0.2) is 4.98 Å². The van der Waals surface area contributed by atoms with Crippen molar-refractivity contribution in [1.29, 1.82) is 0 Å². The zero-order chi connectivity index (χ0) is 12.1. The number of aliphatic hydroxyl groups excluding tert-OH is 1. The Labute approximate surface area is 101 Å². The molecule has 0 spiro atoms. The Kier molecular flexibility index (Phi) is 4.14. The lowest BCUT2D eigenvalue weighted by Crippen LogP contribution is -2.26. The number of aliphatic hydroxyl groups is 1. The zero-order valence-electron chi connectivity index (χ0n) is 10.2. The van der Waals surface area contributed by atoms with Crippen molar-refractivity contribution in [2.45, 2.75) is 19.3 Å². The molecule has 1 atom stereocenters. The lowest BCUT2D eigenvalue weighted by molar-refractivity contribution is 0.215. The van der Waals surface area contributed by atoms with Gasteiger partial charge in [0.05, 0.1) is 7.11 Å². The fourth-order valence-electron chi connectivity index (χ4n) is 2.15. The molecule has 1 unspecified atom stereocenters. The Morgan fingerprint density at radius 2 is 2.35 bits per heavy atom. The van der Waals surface area contributed by atoms with E-state index in [1.165, 1.54) is 0 Å². The van der Waals surface area contributed by atoms with Crippen LogP contribution in [0.5, 0.6) is 5.88 Å². The zero-order valence-corrected chi connectivity index (χ0v) is 10.2. The summed E-state index contributed by atoms with van der Waals surface area (Å²) in [5, 5.41) is 9.19. The van der Waals surface area contributed by atoms with Crippen molar-refractivity contribution in [3.63, 3.8) is 0 Å². The molecule has 0 saturated carbocycles. The number of nitrogens with zero attached hydrogens (tertiary/aromatic N) is 3. The Bertz CT molecular complexity index is 359. The predicted molar refractivity (Wildman–Crippen MR) is 65.2 cm³/mol. The Morgan fingerprint density at radius 3 is 3.12 bits per heavy atom. The maximum absolute atomic E-state index is 9.19. The molecule has 1 aromatic heterocycles. The molecule has 0 radical (unpaired) electrons. The molecule has 1 aromatic rings. The highest BCUT2D eigenvalue weighted by atomic mass is 16.5. The highest BCUT2D eigenvalue weighted by Crippen LogP contribution is 2.20. The highest BCUT2D eigenvalue weighted by molar-refractivity contribution is 5.32. The van der Waals surface area contributed by atoms with Gasteiger partial charge < -0.3 is 14.7 Å². The van der Waals surface area contributed by atoms with Crippen LogP contribution in [0.25, 0.3) is 0 Å². The second-order valence-corrected chi connectivity index (χ2v) is 4.37. The third kappa shape index (κ3) is 3.06. The molecule has 0 bridgehead atoms. The van der Waals surface area contributed by atoms with Crippen molar-refractivity contribution in [3.05, 3.63) is 12.3 Å².